The van der Waals surface area contributed by atoms with Gasteiger partial charge in [0.25, 0.3) is 6.43 Å². The number of methoxy groups -OCH3 is 2. The van der Waals surface area contributed by atoms with Crippen LogP contribution >= 0.6 is 0 Å². The number of aromatic nitrogens is 4. The van der Waals surface area contributed by atoms with Crippen molar-refractivity contribution in [1.82, 2.24) is 19.7 Å². The van der Waals surface area contributed by atoms with E-state index < -0.39 is 24.5 Å². The molecular weight excluding hydrogens is 346 g/mol. The Morgan fingerprint density at radius 2 is 2.15 bits per heavy atom. The van der Waals surface area contributed by atoms with E-state index in [4.69, 9.17) is 9.47 Å². The fraction of sp³-hybridized carbons (Fsp3) is 0.529. The van der Waals surface area contributed by atoms with E-state index in [1.165, 1.54) is 25.1 Å². The van der Waals surface area contributed by atoms with E-state index in [1.807, 2.05) is 6.08 Å². The second kappa shape index (κ2) is 7.06. The number of hydrogen-bond donors (Lipinski definition) is 0. The van der Waals surface area contributed by atoms with Gasteiger partial charge in [0.15, 0.2) is 17.1 Å². The van der Waals surface area contributed by atoms with Crippen molar-refractivity contribution in [3.63, 3.8) is 0 Å². The second-order valence-corrected chi connectivity index (χ2v) is 6.21. The molecule has 2 heterocycles. The highest BCUT2D eigenvalue weighted by molar-refractivity contribution is 5.82. The number of esters is 1. The van der Waals surface area contributed by atoms with Gasteiger partial charge in [-0.25, -0.2) is 28.2 Å². The van der Waals surface area contributed by atoms with Crippen LogP contribution in [0.1, 0.15) is 30.8 Å². The van der Waals surface area contributed by atoms with E-state index in [9.17, 15) is 13.6 Å². The zero-order valence-corrected chi connectivity index (χ0v) is 14.8. The Hall–Kier alpha value is -2.42. The molecule has 1 aliphatic carbocycles. The zero-order valence-electron chi connectivity index (χ0n) is 14.8. The van der Waals surface area contributed by atoms with Crippen LogP contribution in [0.2, 0.25) is 0 Å². The third-order valence-corrected chi connectivity index (χ3v) is 4.71. The Morgan fingerprint density at radius 1 is 1.38 bits per heavy atom. The number of ether oxygens (including phenoxy) is 2. The number of hydrogen-bond acceptors (Lipinski definition) is 6. The number of halogens is 2. The Bertz CT molecular complexity index is 865. The average molecular weight is 366 g/mol. The molecule has 3 rings (SSSR count). The molecule has 1 atom stereocenters. The quantitative estimate of drug-likeness (QED) is 0.757. The molecule has 7 nitrogen and oxygen atoms in total. The summed E-state index contributed by atoms with van der Waals surface area (Å²) in [5.74, 6) is 0.0402. The molecule has 0 bridgehead atoms. The molecule has 0 aromatic carbocycles. The molecular formula is C17H20F2N4O3. The highest BCUT2D eigenvalue weighted by Gasteiger charge is 2.41. The van der Waals surface area contributed by atoms with E-state index >= 15 is 0 Å². The maximum Gasteiger partial charge on any atom is 0.338 e. The lowest BCUT2D eigenvalue weighted by Gasteiger charge is -2.32. The first-order valence-corrected chi connectivity index (χ1v) is 8.21. The van der Waals surface area contributed by atoms with Gasteiger partial charge in [-0.15, -0.1) is 0 Å². The first-order valence-electron chi connectivity index (χ1n) is 8.21. The van der Waals surface area contributed by atoms with Crippen molar-refractivity contribution in [2.24, 2.45) is 0 Å². The summed E-state index contributed by atoms with van der Waals surface area (Å²) in [5.41, 5.74) is 0.888. The summed E-state index contributed by atoms with van der Waals surface area (Å²) in [5, 5.41) is 4.63. The molecule has 0 saturated heterocycles. The lowest BCUT2D eigenvalue weighted by atomic mass is 9.85. The molecule has 9 heteroatoms. The predicted octanol–water partition coefficient (Wildman–Crippen LogP) is 2.53. The fourth-order valence-corrected chi connectivity index (χ4v) is 3.18. The van der Waals surface area contributed by atoms with Gasteiger partial charge in [0, 0.05) is 13.5 Å². The molecule has 0 N–H and O–H groups in total. The molecule has 0 fully saturated rings. The van der Waals surface area contributed by atoms with Gasteiger partial charge in [0.1, 0.15) is 6.54 Å². The van der Waals surface area contributed by atoms with E-state index in [0.29, 0.717) is 41.8 Å². The molecule has 26 heavy (non-hydrogen) atoms. The van der Waals surface area contributed by atoms with Crippen LogP contribution in [0.4, 0.5) is 8.78 Å². The van der Waals surface area contributed by atoms with Gasteiger partial charge in [-0.05, 0) is 25.3 Å². The zero-order chi connectivity index (χ0) is 18.9. The summed E-state index contributed by atoms with van der Waals surface area (Å²) in [6.45, 7) is 1.27. The van der Waals surface area contributed by atoms with Crippen LogP contribution in [0.3, 0.4) is 0 Å². The molecule has 1 unspecified atom stereocenters. The van der Waals surface area contributed by atoms with E-state index in [-0.39, 0.29) is 0 Å². The number of rotatable bonds is 5. The summed E-state index contributed by atoms with van der Waals surface area (Å²) in [4.78, 5) is 20.9. The fourth-order valence-electron chi connectivity index (χ4n) is 3.18. The number of fused-ring (bicyclic) bond motifs is 1. The number of alkyl halides is 2. The normalized spacial score (nSPS) is 20.5. The predicted molar refractivity (Wildman–Crippen MR) is 89.6 cm³/mol. The topological polar surface area (TPSA) is 79.1 Å². The Balaban J connectivity index is 1.96. The molecule has 0 aliphatic heterocycles. The maximum atomic E-state index is 12.7. The molecule has 140 valence electrons. The smallest absolute Gasteiger partial charge is 0.338 e. The Labute approximate surface area is 149 Å². The lowest BCUT2D eigenvalue weighted by Crippen LogP contribution is -2.42. The number of aryl methyl sites for hydroxylation is 1. The minimum Gasteiger partial charge on any atom is -0.467 e. The van der Waals surface area contributed by atoms with Gasteiger partial charge < -0.3 is 9.47 Å². The van der Waals surface area contributed by atoms with Gasteiger partial charge in [-0.1, -0.05) is 6.08 Å². The van der Waals surface area contributed by atoms with Gasteiger partial charge in [-0.2, -0.15) is 5.10 Å². The minimum atomic E-state index is -2.52. The van der Waals surface area contributed by atoms with Crippen LogP contribution in [-0.2, 0) is 20.8 Å². The van der Waals surface area contributed by atoms with Crippen LogP contribution < -0.4 is 0 Å². The van der Waals surface area contributed by atoms with Gasteiger partial charge in [-0.3, -0.25) is 0 Å². The van der Waals surface area contributed by atoms with E-state index in [0.717, 1.165) is 5.57 Å². The van der Waals surface area contributed by atoms with Crippen LogP contribution in [0.15, 0.2) is 12.3 Å². The van der Waals surface area contributed by atoms with Crippen molar-refractivity contribution in [3.8, 4) is 0 Å². The highest BCUT2D eigenvalue weighted by atomic mass is 19.3. The van der Waals surface area contributed by atoms with Crippen LogP contribution in [0.25, 0.3) is 16.6 Å². The number of allylic oxidation sites excluding steroid dienone is 1. The molecule has 0 saturated carbocycles. The molecule has 2 aromatic heterocycles. The minimum absolute atomic E-state index is 0.336. The van der Waals surface area contributed by atoms with Crippen molar-refractivity contribution >= 4 is 22.6 Å². The second-order valence-electron chi connectivity index (χ2n) is 6.21. The summed E-state index contributed by atoms with van der Waals surface area (Å²) in [7, 11) is 2.80. The molecule has 1 aliphatic rings. The van der Waals surface area contributed by atoms with Crippen molar-refractivity contribution in [2.45, 2.75) is 44.8 Å². The molecule has 2 aromatic rings. The Morgan fingerprint density at radius 3 is 2.73 bits per heavy atom. The lowest BCUT2D eigenvalue weighted by molar-refractivity contribution is -0.166. The molecule has 0 spiro atoms. The Kier molecular flexibility index (Phi) is 4.99. The van der Waals surface area contributed by atoms with Crippen molar-refractivity contribution in [3.05, 3.63) is 23.8 Å². The van der Waals surface area contributed by atoms with Crippen molar-refractivity contribution in [1.29, 1.82) is 0 Å². The number of carbonyl (C=O) groups is 1. The number of nitrogens with zero attached hydrogens (tertiary/aromatic N) is 4. The maximum absolute atomic E-state index is 12.7. The van der Waals surface area contributed by atoms with Crippen molar-refractivity contribution < 1.29 is 23.0 Å². The van der Waals surface area contributed by atoms with E-state index in [1.54, 1.807) is 6.92 Å². The largest absolute Gasteiger partial charge is 0.467 e. The summed E-state index contributed by atoms with van der Waals surface area (Å²) in [6, 6.07) is 0. The third-order valence-electron chi connectivity index (χ3n) is 4.71. The standard InChI is InChI=1S/C17H20F2N4O3/c1-10-12-8-20-23(9-13(18)19)15(12)22-14(21-10)11-4-6-17(26-3,7-5-11)16(24)25-2/h4,8,13H,5-7,9H2,1-3H3. The first-order chi connectivity index (χ1) is 12.4. The first kappa shape index (κ1) is 18.4. The van der Waals surface area contributed by atoms with Crippen molar-refractivity contribution in [2.75, 3.05) is 14.2 Å². The van der Waals surface area contributed by atoms with Crippen LogP contribution in [0, 0.1) is 6.92 Å². The third kappa shape index (κ3) is 3.18. The van der Waals surface area contributed by atoms with Gasteiger partial charge in [0.05, 0.1) is 24.4 Å². The van der Waals surface area contributed by atoms with Crippen LogP contribution in [0.5, 0.6) is 0 Å². The van der Waals surface area contributed by atoms with Gasteiger partial charge >= 0.3 is 5.97 Å². The summed E-state index contributed by atoms with van der Waals surface area (Å²) < 4.78 is 36.9. The molecule has 0 radical (unpaired) electrons. The van der Waals surface area contributed by atoms with E-state index in [2.05, 4.69) is 15.1 Å². The highest BCUT2D eigenvalue weighted by Crippen LogP contribution is 2.35. The average Bonchev–Trinajstić information content (AvgIpc) is 3.03. The van der Waals surface area contributed by atoms with Gasteiger partial charge in [0.2, 0.25) is 0 Å². The molecule has 0 amide bonds. The number of carbonyl (C=O) groups excluding carboxylic acids is 1. The van der Waals surface area contributed by atoms with Crippen LogP contribution in [-0.4, -0.2) is 52.0 Å². The monoisotopic (exact) mass is 366 g/mol. The summed E-state index contributed by atoms with van der Waals surface area (Å²) >= 11 is 0. The SMILES string of the molecule is COC(=O)C1(OC)CC=C(c2nc(C)c3cnn(CC(F)F)c3n2)CC1. The summed E-state index contributed by atoms with van der Waals surface area (Å²) in [6.07, 6.45) is 2.10.